The summed E-state index contributed by atoms with van der Waals surface area (Å²) in [6.45, 7) is 4.12. The van der Waals surface area contributed by atoms with Crippen LogP contribution >= 0.6 is 0 Å². The summed E-state index contributed by atoms with van der Waals surface area (Å²) in [4.78, 5) is 23.0. The Kier molecular flexibility index (Phi) is 7.52. The van der Waals surface area contributed by atoms with Gasteiger partial charge in [-0.1, -0.05) is 25.5 Å². The summed E-state index contributed by atoms with van der Waals surface area (Å²) in [6, 6.07) is 4.68. The Morgan fingerprint density at radius 1 is 1.32 bits per heavy atom. The number of hydrogen-bond donors (Lipinski definition) is 2. The Balaban J connectivity index is 2.70. The Morgan fingerprint density at radius 2 is 1.95 bits per heavy atom. The lowest BCUT2D eigenvalue weighted by Gasteiger charge is -2.20. The summed E-state index contributed by atoms with van der Waals surface area (Å²) in [7, 11) is 0. The summed E-state index contributed by atoms with van der Waals surface area (Å²) in [5.74, 6) is -1.85. The molecule has 22 heavy (non-hydrogen) atoms. The average molecular weight is 311 g/mol. The molecule has 0 radical (unpaired) electrons. The molecule has 1 aromatic carbocycles. The summed E-state index contributed by atoms with van der Waals surface area (Å²) in [5, 5.41) is 11.6. The first kappa shape index (κ1) is 18.1. The van der Waals surface area contributed by atoms with E-state index in [1.165, 1.54) is 24.3 Å². The molecule has 1 aromatic rings. The number of unbranched alkanes of at least 4 members (excludes halogenated alkanes) is 1. The monoisotopic (exact) mass is 311 g/mol. The van der Waals surface area contributed by atoms with Crippen molar-refractivity contribution in [3.8, 4) is 0 Å². The Morgan fingerprint density at radius 3 is 2.50 bits per heavy atom. The molecule has 0 aliphatic rings. The van der Waals surface area contributed by atoms with Crippen molar-refractivity contribution in [3.05, 3.63) is 35.6 Å². The van der Waals surface area contributed by atoms with Crippen LogP contribution in [-0.4, -0.2) is 29.7 Å². The zero-order valence-corrected chi connectivity index (χ0v) is 12.8. The molecule has 0 spiro atoms. The van der Waals surface area contributed by atoms with Crippen molar-refractivity contribution in [2.75, 3.05) is 6.61 Å². The minimum atomic E-state index is -1.05. The van der Waals surface area contributed by atoms with Crippen LogP contribution in [0.1, 0.15) is 44.7 Å². The van der Waals surface area contributed by atoms with Gasteiger partial charge in [0.05, 0.1) is 12.5 Å². The minimum absolute atomic E-state index is 0.279. The first-order valence-corrected chi connectivity index (χ1v) is 7.33. The third-order valence-electron chi connectivity index (χ3n) is 3.20. The van der Waals surface area contributed by atoms with E-state index in [0.29, 0.717) is 12.2 Å². The number of hydrogen-bond acceptors (Lipinski definition) is 3. The SMILES string of the molecule is CCCCOC(C)C(=O)NC(CC(=O)O)c1ccc(F)cc1. The zero-order chi connectivity index (χ0) is 16.5. The van der Waals surface area contributed by atoms with Gasteiger partial charge in [0.2, 0.25) is 5.91 Å². The molecular weight excluding hydrogens is 289 g/mol. The van der Waals surface area contributed by atoms with Gasteiger partial charge in [0, 0.05) is 6.61 Å². The Bertz CT molecular complexity index is 489. The number of aliphatic carboxylic acids is 1. The van der Waals surface area contributed by atoms with E-state index in [-0.39, 0.29) is 12.3 Å². The molecule has 0 bridgehead atoms. The second-order valence-electron chi connectivity index (χ2n) is 5.08. The van der Waals surface area contributed by atoms with Crippen molar-refractivity contribution in [3.63, 3.8) is 0 Å². The van der Waals surface area contributed by atoms with E-state index in [1.54, 1.807) is 6.92 Å². The van der Waals surface area contributed by atoms with Crippen molar-refractivity contribution < 1.29 is 23.8 Å². The van der Waals surface area contributed by atoms with Gasteiger partial charge in [-0.25, -0.2) is 4.39 Å². The molecule has 0 aromatic heterocycles. The molecule has 0 saturated heterocycles. The fraction of sp³-hybridized carbons (Fsp3) is 0.500. The molecule has 2 atom stereocenters. The third kappa shape index (κ3) is 6.22. The highest BCUT2D eigenvalue weighted by molar-refractivity contribution is 5.81. The van der Waals surface area contributed by atoms with Crippen LogP contribution in [0.15, 0.2) is 24.3 Å². The number of carboxylic acids is 1. The van der Waals surface area contributed by atoms with E-state index in [9.17, 15) is 14.0 Å². The van der Waals surface area contributed by atoms with E-state index < -0.39 is 23.9 Å². The number of amides is 1. The first-order chi connectivity index (χ1) is 10.4. The highest BCUT2D eigenvalue weighted by Crippen LogP contribution is 2.18. The topological polar surface area (TPSA) is 75.6 Å². The number of carbonyl (C=O) groups excluding carboxylic acids is 1. The number of rotatable bonds is 9. The standard InChI is InChI=1S/C16H22FNO4/c1-3-4-9-22-11(2)16(21)18-14(10-15(19)20)12-5-7-13(17)8-6-12/h5-8,11,14H,3-4,9-10H2,1-2H3,(H,18,21)(H,19,20). The van der Waals surface area contributed by atoms with Crippen molar-refractivity contribution in [2.45, 2.75) is 45.3 Å². The molecule has 1 rings (SSSR count). The summed E-state index contributed by atoms with van der Waals surface area (Å²) >= 11 is 0. The fourth-order valence-corrected chi connectivity index (χ4v) is 1.89. The molecule has 0 aliphatic carbocycles. The van der Waals surface area contributed by atoms with Crippen LogP contribution < -0.4 is 5.32 Å². The molecule has 0 saturated carbocycles. The van der Waals surface area contributed by atoms with Gasteiger partial charge in [-0.05, 0) is 31.0 Å². The van der Waals surface area contributed by atoms with Gasteiger partial charge in [0.25, 0.3) is 0 Å². The van der Waals surface area contributed by atoms with Gasteiger partial charge in [0.1, 0.15) is 11.9 Å². The molecule has 0 heterocycles. The molecule has 5 nitrogen and oxygen atoms in total. The van der Waals surface area contributed by atoms with Crippen LogP contribution in [-0.2, 0) is 14.3 Å². The summed E-state index contributed by atoms with van der Waals surface area (Å²) < 4.78 is 18.3. The van der Waals surface area contributed by atoms with Gasteiger partial charge in [-0.2, -0.15) is 0 Å². The maximum Gasteiger partial charge on any atom is 0.305 e. The predicted molar refractivity (Wildman–Crippen MR) is 79.9 cm³/mol. The maximum absolute atomic E-state index is 13.0. The van der Waals surface area contributed by atoms with Gasteiger partial charge in [-0.3, -0.25) is 9.59 Å². The smallest absolute Gasteiger partial charge is 0.305 e. The van der Waals surface area contributed by atoms with Crippen LogP contribution in [0.4, 0.5) is 4.39 Å². The van der Waals surface area contributed by atoms with Crippen LogP contribution in [0.2, 0.25) is 0 Å². The summed E-state index contributed by atoms with van der Waals surface area (Å²) in [6.07, 6.45) is 0.877. The Hall–Kier alpha value is -1.95. The summed E-state index contributed by atoms with van der Waals surface area (Å²) in [5.41, 5.74) is 0.540. The van der Waals surface area contributed by atoms with E-state index in [1.807, 2.05) is 6.92 Å². The van der Waals surface area contributed by atoms with E-state index in [4.69, 9.17) is 9.84 Å². The number of carboxylic acid groups (broad SMARTS) is 1. The van der Waals surface area contributed by atoms with E-state index in [0.717, 1.165) is 12.8 Å². The van der Waals surface area contributed by atoms with Crippen LogP contribution in [0.5, 0.6) is 0 Å². The maximum atomic E-state index is 13.0. The number of benzene rings is 1. The quantitative estimate of drug-likeness (QED) is 0.688. The van der Waals surface area contributed by atoms with Crippen molar-refractivity contribution >= 4 is 11.9 Å². The van der Waals surface area contributed by atoms with Crippen molar-refractivity contribution in [1.82, 2.24) is 5.32 Å². The first-order valence-electron chi connectivity index (χ1n) is 7.33. The van der Waals surface area contributed by atoms with Gasteiger partial charge >= 0.3 is 5.97 Å². The number of nitrogens with one attached hydrogen (secondary N) is 1. The molecule has 6 heteroatoms. The highest BCUT2D eigenvalue weighted by Gasteiger charge is 2.21. The van der Waals surface area contributed by atoms with E-state index >= 15 is 0 Å². The lowest BCUT2D eigenvalue weighted by molar-refractivity contribution is -0.138. The number of carbonyl (C=O) groups is 2. The molecule has 2 N–H and O–H groups in total. The second-order valence-corrected chi connectivity index (χ2v) is 5.08. The average Bonchev–Trinajstić information content (AvgIpc) is 2.47. The van der Waals surface area contributed by atoms with Gasteiger partial charge < -0.3 is 15.2 Å². The van der Waals surface area contributed by atoms with E-state index in [2.05, 4.69) is 5.32 Å². The highest BCUT2D eigenvalue weighted by atomic mass is 19.1. The molecule has 122 valence electrons. The zero-order valence-electron chi connectivity index (χ0n) is 12.8. The number of halogens is 1. The number of ether oxygens (including phenoxy) is 1. The van der Waals surface area contributed by atoms with Crippen LogP contribution in [0, 0.1) is 5.82 Å². The normalized spacial score (nSPS) is 13.4. The van der Waals surface area contributed by atoms with Crippen LogP contribution in [0.3, 0.4) is 0 Å². The molecular formula is C16H22FNO4. The Labute approximate surface area is 129 Å². The van der Waals surface area contributed by atoms with Crippen molar-refractivity contribution in [1.29, 1.82) is 0 Å². The van der Waals surface area contributed by atoms with Gasteiger partial charge in [-0.15, -0.1) is 0 Å². The molecule has 0 aliphatic heterocycles. The van der Waals surface area contributed by atoms with Gasteiger partial charge in [0.15, 0.2) is 0 Å². The minimum Gasteiger partial charge on any atom is -0.481 e. The van der Waals surface area contributed by atoms with Crippen molar-refractivity contribution in [2.24, 2.45) is 0 Å². The lowest BCUT2D eigenvalue weighted by Crippen LogP contribution is -2.38. The largest absolute Gasteiger partial charge is 0.481 e. The molecule has 2 unspecified atom stereocenters. The third-order valence-corrected chi connectivity index (χ3v) is 3.20. The fourth-order valence-electron chi connectivity index (χ4n) is 1.89. The molecule has 0 fully saturated rings. The lowest BCUT2D eigenvalue weighted by atomic mass is 10.0. The second kappa shape index (κ2) is 9.15. The van der Waals surface area contributed by atoms with Crippen LogP contribution in [0.25, 0.3) is 0 Å². The molecule has 1 amide bonds. The predicted octanol–water partition coefficient (Wildman–Crippen LogP) is 2.66.